The van der Waals surface area contributed by atoms with Crippen LogP contribution in [0.4, 0.5) is 11.4 Å². The number of fused-ring (bicyclic) bond motifs is 4. The van der Waals surface area contributed by atoms with E-state index in [9.17, 15) is 4.79 Å². The van der Waals surface area contributed by atoms with E-state index in [1.807, 2.05) is 6.07 Å². The number of rotatable bonds is 7. The molecular formula is C25H28N2O. The first-order valence-electron chi connectivity index (χ1n) is 10.5. The van der Waals surface area contributed by atoms with Gasteiger partial charge in [-0.2, -0.15) is 0 Å². The van der Waals surface area contributed by atoms with Crippen molar-refractivity contribution >= 4 is 44.4 Å². The van der Waals surface area contributed by atoms with Crippen LogP contribution in [-0.4, -0.2) is 18.0 Å². The highest BCUT2D eigenvalue weighted by molar-refractivity contribution is 6.24. The first kappa shape index (κ1) is 18.7. The molecule has 1 heterocycles. The normalized spacial score (nSPS) is 13.6. The number of Topliss-reactive ketones (excluding diaryl/α,β-unsaturated/α-hetero) is 1. The molecule has 3 heteroatoms. The van der Waals surface area contributed by atoms with Crippen LogP contribution >= 0.6 is 0 Å². The van der Waals surface area contributed by atoms with Crippen molar-refractivity contribution in [2.45, 2.75) is 52.4 Å². The van der Waals surface area contributed by atoms with Crippen LogP contribution in [0.5, 0.6) is 0 Å². The van der Waals surface area contributed by atoms with Crippen LogP contribution in [-0.2, 0) is 0 Å². The molecule has 28 heavy (non-hydrogen) atoms. The molecule has 0 aliphatic carbocycles. The lowest BCUT2D eigenvalue weighted by Crippen LogP contribution is -2.14. The molecule has 0 amide bonds. The fourth-order valence-corrected chi connectivity index (χ4v) is 4.08. The maximum absolute atomic E-state index is 12.9. The predicted molar refractivity (Wildman–Crippen MR) is 120 cm³/mol. The number of anilines is 1. The molecule has 0 aromatic heterocycles. The van der Waals surface area contributed by atoms with Gasteiger partial charge in [-0.05, 0) is 47.2 Å². The van der Waals surface area contributed by atoms with Crippen LogP contribution in [0.1, 0.15) is 62.7 Å². The average Bonchev–Trinajstić information content (AvgIpc) is 2.71. The molecule has 1 aliphatic rings. The summed E-state index contributed by atoms with van der Waals surface area (Å²) in [6.07, 6.45) is 6.17. The third kappa shape index (κ3) is 3.54. The maximum atomic E-state index is 12.9. The Kier molecular flexibility index (Phi) is 5.43. The van der Waals surface area contributed by atoms with E-state index >= 15 is 0 Å². The molecule has 0 atom stereocenters. The van der Waals surface area contributed by atoms with Gasteiger partial charge in [-0.1, -0.05) is 57.4 Å². The highest BCUT2D eigenvalue weighted by Crippen LogP contribution is 2.40. The fraction of sp³-hybridized carbons (Fsp3) is 0.360. The van der Waals surface area contributed by atoms with Crippen LogP contribution in [0.25, 0.3) is 21.5 Å². The van der Waals surface area contributed by atoms with Crippen LogP contribution in [0.15, 0.2) is 47.5 Å². The largest absolute Gasteiger partial charge is 0.384 e. The first-order chi connectivity index (χ1) is 13.7. The Morgan fingerprint density at radius 3 is 2.43 bits per heavy atom. The number of hydrogen-bond acceptors (Lipinski definition) is 3. The van der Waals surface area contributed by atoms with Crippen molar-refractivity contribution in [1.82, 2.24) is 0 Å². The Bertz CT molecular complexity index is 1070. The van der Waals surface area contributed by atoms with Crippen molar-refractivity contribution in [3.63, 3.8) is 0 Å². The van der Waals surface area contributed by atoms with Crippen molar-refractivity contribution in [3.05, 3.63) is 48.0 Å². The lowest BCUT2D eigenvalue weighted by molar-refractivity contribution is 0.100. The van der Waals surface area contributed by atoms with Gasteiger partial charge in [0.05, 0.1) is 11.3 Å². The summed E-state index contributed by atoms with van der Waals surface area (Å²) in [6, 6.07) is 14.8. The van der Waals surface area contributed by atoms with E-state index in [0.717, 1.165) is 58.2 Å². The van der Waals surface area contributed by atoms with Gasteiger partial charge in [0, 0.05) is 29.8 Å². The van der Waals surface area contributed by atoms with Gasteiger partial charge in [0.25, 0.3) is 0 Å². The fourth-order valence-electron chi connectivity index (χ4n) is 4.08. The third-order valence-electron chi connectivity index (χ3n) is 5.66. The maximum Gasteiger partial charge on any atom is 0.171 e. The summed E-state index contributed by atoms with van der Waals surface area (Å²) < 4.78 is 0. The number of unbranched alkanes of at least 4 members (excludes halogenated alkanes) is 3. The highest BCUT2D eigenvalue weighted by atomic mass is 16.1. The number of aliphatic imine (C=N–C) groups is 1. The zero-order chi connectivity index (χ0) is 19.5. The Labute approximate surface area is 166 Å². The topological polar surface area (TPSA) is 41.5 Å². The minimum Gasteiger partial charge on any atom is -0.384 e. The van der Waals surface area contributed by atoms with Crippen LogP contribution < -0.4 is 5.32 Å². The molecular weight excluding hydrogens is 344 g/mol. The number of benzene rings is 3. The molecule has 0 saturated heterocycles. The summed E-state index contributed by atoms with van der Waals surface area (Å²) in [5.41, 5.74) is 3.68. The second-order valence-corrected chi connectivity index (χ2v) is 7.68. The van der Waals surface area contributed by atoms with Gasteiger partial charge in [-0.15, -0.1) is 0 Å². The molecule has 3 aromatic rings. The molecule has 3 aromatic carbocycles. The number of ketones is 1. The minimum atomic E-state index is 0.191. The Morgan fingerprint density at radius 2 is 1.71 bits per heavy atom. The van der Waals surface area contributed by atoms with Crippen molar-refractivity contribution in [2.24, 2.45) is 4.99 Å². The number of hydrogen-bond donors (Lipinski definition) is 1. The smallest absolute Gasteiger partial charge is 0.171 e. The lowest BCUT2D eigenvalue weighted by Gasteiger charge is -2.20. The molecule has 0 bridgehead atoms. The van der Waals surface area contributed by atoms with E-state index in [1.165, 1.54) is 24.6 Å². The molecule has 0 radical (unpaired) electrons. The van der Waals surface area contributed by atoms with E-state index < -0.39 is 0 Å². The summed E-state index contributed by atoms with van der Waals surface area (Å²) in [5.74, 6) is 0.191. The highest BCUT2D eigenvalue weighted by Gasteiger charge is 2.23. The van der Waals surface area contributed by atoms with Gasteiger partial charge in [-0.3, -0.25) is 9.79 Å². The lowest BCUT2D eigenvalue weighted by atomic mass is 9.91. The summed E-state index contributed by atoms with van der Waals surface area (Å²) in [7, 11) is 0. The van der Waals surface area contributed by atoms with Crippen LogP contribution in [0, 0.1) is 0 Å². The third-order valence-corrected chi connectivity index (χ3v) is 5.66. The van der Waals surface area contributed by atoms with Crippen molar-refractivity contribution < 1.29 is 4.79 Å². The Morgan fingerprint density at radius 1 is 0.964 bits per heavy atom. The predicted octanol–water partition coefficient (Wildman–Crippen LogP) is 7.05. The Hall–Kier alpha value is -2.68. The second kappa shape index (κ2) is 8.14. The number of carbonyl (C=O) groups is 1. The molecule has 3 nitrogen and oxygen atoms in total. The molecule has 1 N–H and O–H groups in total. The van der Waals surface area contributed by atoms with Crippen LogP contribution in [0.2, 0.25) is 0 Å². The minimum absolute atomic E-state index is 0.191. The van der Waals surface area contributed by atoms with E-state index in [1.54, 1.807) is 0 Å². The van der Waals surface area contributed by atoms with E-state index in [2.05, 4.69) is 55.6 Å². The molecule has 0 unspecified atom stereocenters. The van der Waals surface area contributed by atoms with E-state index in [0.29, 0.717) is 6.42 Å². The summed E-state index contributed by atoms with van der Waals surface area (Å²) >= 11 is 0. The summed E-state index contributed by atoms with van der Waals surface area (Å²) in [5, 5.41) is 8.14. The standard InChI is InChI=1S/C25H28N2O/c1-3-5-6-9-12-26-22-16-23-25(24(28)15-19(4-2)27-23)21-14-18-11-8-7-10-17(18)13-20(21)22/h7-8,10-11,13-14,16,26H,3-6,9,12,15H2,1-2H3. The molecule has 144 valence electrons. The SMILES string of the molecule is CCCCCCNc1cc2c(c3cc4ccccc4cc13)C(=O)CC(CC)=N2. The summed E-state index contributed by atoms with van der Waals surface area (Å²) in [6.45, 7) is 5.24. The van der Waals surface area contributed by atoms with Crippen molar-refractivity contribution in [1.29, 1.82) is 0 Å². The van der Waals surface area contributed by atoms with Gasteiger partial charge < -0.3 is 5.32 Å². The molecule has 0 fully saturated rings. The zero-order valence-corrected chi connectivity index (χ0v) is 16.8. The van der Waals surface area contributed by atoms with Gasteiger partial charge in [0.15, 0.2) is 5.78 Å². The quantitative estimate of drug-likeness (QED) is 0.356. The first-order valence-corrected chi connectivity index (χ1v) is 10.5. The average molecular weight is 373 g/mol. The molecule has 4 rings (SSSR count). The monoisotopic (exact) mass is 372 g/mol. The second-order valence-electron chi connectivity index (χ2n) is 7.68. The van der Waals surface area contributed by atoms with Crippen molar-refractivity contribution in [3.8, 4) is 0 Å². The van der Waals surface area contributed by atoms with E-state index in [4.69, 9.17) is 4.99 Å². The van der Waals surface area contributed by atoms with Gasteiger partial charge in [0.1, 0.15) is 0 Å². The zero-order valence-electron chi connectivity index (χ0n) is 16.8. The van der Waals surface area contributed by atoms with E-state index in [-0.39, 0.29) is 5.78 Å². The van der Waals surface area contributed by atoms with Crippen LogP contribution in [0.3, 0.4) is 0 Å². The van der Waals surface area contributed by atoms with Gasteiger partial charge in [-0.25, -0.2) is 0 Å². The number of nitrogens with one attached hydrogen (secondary N) is 1. The van der Waals surface area contributed by atoms with Gasteiger partial charge >= 0.3 is 0 Å². The molecule has 0 spiro atoms. The van der Waals surface area contributed by atoms with Crippen molar-refractivity contribution in [2.75, 3.05) is 11.9 Å². The molecule has 1 aliphatic heterocycles. The van der Waals surface area contributed by atoms with Gasteiger partial charge in [0.2, 0.25) is 0 Å². The molecule has 0 saturated carbocycles. The number of carbonyl (C=O) groups excluding carboxylic acids is 1. The summed E-state index contributed by atoms with van der Waals surface area (Å²) in [4.78, 5) is 17.8. The Balaban J connectivity index is 1.85. The number of nitrogens with zero attached hydrogens (tertiary/aromatic N) is 1.